The number of rotatable bonds is 5. The maximum Gasteiger partial charge on any atom is 0.269 e. The first-order chi connectivity index (χ1) is 16.1. The number of nitrogens with one attached hydrogen (secondary N) is 1. The Balaban J connectivity index is 1.43. The first-order valence-corrected chi connectivity index (χ1v) is 11.9. The van der Waals surface area contributed by atoms with Gasteiger partial charge in [-0.3, -0.25) is 14.2 Å². The van der Waals surface area contributed by atoms with Crippen LogP contribution in [-0.4, -0.2) is 21.2 Å². The molecule has 3 aromatic carbocycles. The molecule has 33 heavy (non-hydrogen) atoms. The summed E-state index contributed by atoms with van der Waals surface area (Å²) >= 11 is 1.17. The Hall–Kier alpha value is -3.45. The number of thioether (sulfide) groups is 1. The lowest BCUT2D eigenvalue weighted by molar-refractivity contribution is -0.119. The second-order valence-corrected chi connectivity index (χ2v) is 8.95. The number of para-hydroxylation sites is 1. The second-order valence-electron chi connectivity index (χ2n) is 8.00. The van der Waals surface area contributed by atoms with Gasteiger partial charge in [0.25, 0.3) is 5.56 Å². The summed E-state index contributed by atoms with van der Waals surface area (Å²) in [5.41, 5.74) is 2.80. The van der Waals surface area contributed by atoms with Crippen molar-refractivity contribution in [3.63, 3.8) is 0 Å². The topological polar surface area (TPSA) is 64.0 Å². The molecule has 0 radical (unpaired) electrons. The van der Waals surface area contributed by atoms with E-state index in [2.05, 4.69) is 22.4 Å². The summed E-state index contributed by atoms with van der Waals surface area (Å²) in [5.74, 6) is -0.645. The third-order valence-corrected chi connectivity index (χ3v) is 6.81. The molecular formula is C26H22FN3O2S. The van der Waals surface area contributed by atoms with E-state index >= 15 is 0 Å². The van der Waals surface area contributed by atoms with Crippen molar-refractivity contribution < 1.29 is 9.18 Å². The number of benzene rings is 3. The van der Waals surface area contributed by atoms with Gasteiger partial charge in [0.15, 0.2) is 5.16 Å². The maximum atomic E-state index is 14.4. The van der Waals surface area contributed by atoms with Gasteiger partial charge in [-0.05, 0) is 54.7 Å². The van der Waals surface area contributed by atoms with Crippen LogP contribution in [0.4, 0.5) is 4.39 Å². The third kappa shape index (κ3) is 4.28. The fourth-order valence-corrected chi connectivity index (χ4v) is 5.16. The standard InChI is InChI=1S/C26H22FN3O2S/c27-20-13-7-15-22-24(20)25(32)30(18-10-2-1-3-11-18)26(29-22)33-16-23(31)28-21-14-6-9-17-8-4-5-12-19(17)21/h1-5,7-8,10-13,15,21H,6,9,14,16H2,(H,28,31). The van der Waals surface area contributed by atoms with E-state index in [1.807, 2.05) is 18.2 Å². The Bertz CT molecular complexity index is 1390. The summed E-state index contributed by atoms with van der Waals surface area (Å²) in [5, 5.41) is 3.42. The Kier molecular flexibility index (Phi) is 5.96. The van der Waals surface area contributed by atoms with Crippen LogP contribution in [-0.2, 0) is 11.2 Å². The molecule has 0 saturated carbocycles. The molecule has 1 aliphatic rings. The summed E-state index contributed by atoms with van der Waals surface area (Å²) in [6.07, 6.45) is 2.95. The van der Waals surface area contributed by atoms with Crippen molar-refractivity contribution in [3.8, 4) is 5.69 Å². The smallest absolute Gasteiger partial charge is 0.269 e. The molecule has 1 amide bonds. The Morgan fingerprint density at radius 3 is 2.70 bits per heavy atom. The van der Waals surface area contributed by atoms with Gasteiger partial charge in [-0.15, -0.1) is 0 Å². The Morgan fingerprint density at radius 2 is 1.85 bits per heavy atom. The van der Waals surface area contributed by atoms with E-state index in [4.69, 9.17) is 0 Å². The van der Waals surface area contributed by atoms with Crippen LogP contribution in [0, 0.1) is 5.82 Å². The van der Waals surface area contributed by atoms with Crippen molar-refractivity contribution in [2.24, 2.45) is 0 Å². The number of fused-ring (bicyclic) bond motifs is 2. The zero-order chi connectivity index (χ0) is 22.8. The van der Waals surface area contributed by atoms with E-state index < -0.39 is 11.4 Å². The van der Waals surface area contributed by atoms with Crippen molar-refractivity contribution >= 4 is 28.6 Å². The summed E-state index contributed by atoms with van der Waals surface area (Å²) in [4.78, 5) is 30.6. The Morgan fingerprint density at radius 1 is 1.06 bits per heavy atom. The number of hydrogen-bond acceptors (Lipinski definition) is 4. The largest absolute Gasteiger partial charge is 0.349 e. The van der Waals surface area contributed by atoms with Crippen LogP contribution in [0.25, 0.3) is 16.6 Å². The molecule has 1 aromatic heterocycles. The maximum absolute atomic E-state index is 14.4. The molecule has 5 nitrogen and oxygen atoms in total. The molecule has 166 valence electrons. The van der Waals surface area contributed by atoms with E-state index in [0.29, 0.717) is 10.8 Å². The summed E-state index contributed by atoms with van der Waals surface area (Å²) in [6.45, 7) is 0. The fraction of sp³-hybridized carbons (Fsp3) is 0.192. The minimum atomic E-state index is -0.611. The first kappa shape index (κ1) is 21.4. The van der Waals surface area contributed by atoms with Crippen LogP contribution in [0.2, 0.25) is 0 Å². The van der Waals surface area contributed by atoms with Crippen LogP contribution in [0.5, 0.6) is 0 Å². The monoisotopic (exact) mass is 459 g/mol. The van der Waals surface area contributed by atoms with Gasteiger partial charge in [-0.1, -0.05) is 60.3 Å². The minimum absolute atomic E-state index is 0.0157. The van der Waals surface area contributed by atoms with Crippen LogP contribution < -0.4 is 10.9 Å². The molecule has 1 N–H and O–H groups in total. The molecule has 1 atom stereocenters. The number of nitrogens with zero attached hydrogens (tertiary/aromatic N) is 2. The van der Waals surface area contributed by atoms with Crippen LogP contribution in [0.3, 0.4) is 0 Å². The van der Waals surface area contributed by atoms with E-state index in [1.54, 1.807) is 30.3 Å². The predicted octanol–water partition coefficient (Wildman–Crippen LogP) is 4.81. The molecule has 0 spiro atoms. The van der Waals surface area contributed by atoms with Crippen LogP contribution in [0.15, 0.2) is 82.7 Å². The molecule has 0 bridgehead atoms. The van der Waals surface area contributed by atoms with Crippen molar-refractivity contribution in [3.05, 3.63) is 100 Å². The lowest BCUT2D eigenvalue weighted by atomic mass is 9.88. The highest BCUT2D eigenvalue weighted by molar-refractivity contribution is 7.99. The highest BCUT2D eigenvalue weighted by Crippen LogP contribution is 2.30. The average molecular weight is 460 g/mol. The highest BCUT2D eigenvalue weighted by Gasteiger charge is 2.22. The van der Waals surface area contributed by atoms with Crippen molar-refractivity contribution in [1.29, 1.82) is 0 Å². The summed E-state index contributed by atoms with van der Waals surface area (Å²) in [6, 6.07) is 21.5. The number of halogens is 1. The molecular weight excluding hydrogens is 437 g/mol. The van der Waals surface area contributed by atoms with Crippen LogP contribution >= 0.6 is 11.8 Å². The highest BCUT2D eigenvalue weighted by atomic mass is 32.2. The lowest BCUT2D eigenvalue weighted by Gasteiger charge is -2.26. The number of aromatic nitrogens is 2. The van der Waals surface area contributed by atoms with Crippen molar-refractivity contribution in [2.45, 2.75) is 30.5 Å². The van der Waals surface area contributed by atoms with Gasteiger partial charge in [-0.2, -0.15) is 0 Å². The Labute approximate surface area is 194 Å². The number of carbonyl (C=O) groups is 1. The van der Waals surface area contributed by atoms with Gasteiger partial charge in [-0.25, -0.2) is 9.37 Å². The predicted molar refractivity (Wildman–Crippen MR) is 128 cm³/mol. The number of aryl methyl sites for hydroxylation is 1. The molecule has 0 fully saturated rings. The van der Waals surface area contributed by atoms with Crippen molar-refractivity contribution in [1.82, 2.24) is 14.9 Å². The zero-order valence-electron chi connectivity index (χ0n) is 17.8. The molecule has 1 unspecified atom stereocenters. The van der Waals surface area contributed by atoms with E-state index in [9.17, 15) is 14.0 Å². The summed E-state index contributed by atoms with van der Waals surface area (Å²) in [7, 11) is 0. The quantitative estimate of drug-likeness (QED) is 0.344. The third-order valence-electron chi connectivity index (χ3n) is 5.87. The zero-order valence-corrected chi connectivity index (χ0v) is 18.6. The van der Waals surface area contributed by atoms with Gasteiger partial charge >= 0.3 is 0 Å². The van der Waals surface area contributed by atoms with Crippen molar-refractivity contribution in [2.75, 3.05) is 5.75 Å². The number of carbonyl (C=O) groups excluding carboxylic acids is 1. The van der Waals surface area contributed by atoms with Crippen LogP contribution in [0.1, 0.15) is 30.0 Å². The molecule has 5 rings (SSSR count). The average Bonchev–Trinajstić information content (AvgIpc) is 2.83. The molecule has 4 aromatic rings. The molecule has 1 heterocycles. The second kappa shape index (κ2) is 9.19. The van der Waals surface area contributed by atoms with Gasteiger partial charge in [0, 0.05) is 0 Å². The number of hydrogen-bond donors (Lipinski definition) is 1. The summed E-state index contributed by atoms with van der Waals surface area (Å²) < 4.78 is 15.8. The molecule has 0 aliphatic heterocycles. The normalized spacial score (nSPS) is 15.2. The molecule has 0 saturated heterocycles. The van der Waals surface area contributed by atoms with E-state index in [1.165, 1.54) is 39.6 Å². The van der Waals surface area contributed by atoms with Gasteiger partial charge in [0.2, 0.25) is 5.91 Å². The first-order valence-electron chi connectivity index (χ1n) is 10.9. The van der Waals surface area contributed by atoms with Gasteiger partial charge in [0.05, 0.1) is 23.0 Å². The van der Waals surface area contributed by atoms with Gasteiger partial charge < -0.3 is 5.32 Å². The van der Waals surface area contributed by atoms with Gasteiger partial charge in [0.1, 0.15) is 11.2 Å². The minimum Gasteiger partial charge on any atom is -0.349 e. The molecule has 7 heteroatoms. The number of amides is 1. The lowest BCUT2D eigenvalue weighted by Crippen LogP contribution is -2.32. The SMILES string of the molecule is O=C(CSc1nc2cccc(F)c2c(=O)n1-c1ccccc1)NC1CCCc2ccccc21. The molecule has 1 aliphatic carbocycles. The van der Waals surface area contributed by atoms with E-state index in [-0.39, 0.29) is 28.6 Å². The fourth-order valence-electron chi connectivity index (χ4n) is 4.34. The van der Waals surface area contributed by atoms with E-state index in [0.717, 1.165) is 19.3 Å².